The molecule has 0 N–H and O–H groups in total. The number of ketones is 1. The summed E-state index contributed by atoms with van der Waals surface area (Å²) in [6.07, 6.45) is 2.86. The van der Waals surface area contributed by atoms with E-state index in [1.165, 1.54) is 16.5 Å². The lowest BCUT2D eigenvalue weighted by molar-refractivity contribution is 0.0797. The average Bonchev–Trinajstić information content (AvgIpc) is 2.84. The molecule has 2 bridgehead atoms. The van der Waals surface area contributed by atoms with E-state index in [0.29, 0.717) is 24.0 Å². The first kappa shape index (κ1) is 17.5. The van der Waals surface area contributed by atoms with Crippen molar-refractivity contribution in [1.29, 1.82) is 0 Å². The molecule has 0 radical (unpaired) electrons. The molecule has 1 aliphatic heterocycles. The highest BCUT2D eigenvalue weighted by Crippen LogP contribution is 2.49. The SMILES string of the molecule is C/C=C1/CN(C)[C@H]2c3c(n(C)c4ccccc34)C(=O)C[C@@H]1[C@@H]2CN(C)C. The number of fused-ring (bicyclic) bond motifs is 6. The van der Waals surface area contributed by atoms with Crippen LogP contribution in [0.3, 0.4) is 0 Å². The van der Waals surface area contributed by atoms with Crippen LogP contribution < -0.4 is 0 Å². The first-order valence-electron chi connectivity index (χ1n) is 9.54. The standard InChI is InChI=1S/C22H29N3O/c1-6-14-12-24(4)21-17(13-23(2)3)16(14)11-19(26)22-20(21)15-9-7-8-10-18(15)25(22)5/h6-10,16-17,21H,11-13H2,1-5H3/b14-6-/t16-,17-,21+/m0/s1. The van der Waals surface area contributed by atoms with Crippen molar-refractivity contribution in [2.45, 2.75) is 19.4 Å². The van der Waals surface area contributed by atoms with Gasteiger partial charge in [0, 0.05) is 49.1 Å². The van der Waals surface area contributed by atoms with Gasteiger partial charge in [-0.2, -0.15) is 0 Å². The molecule has 4 rings (SSSR count). The summed E-state index contributed by atoms with van der Waals surface area (Å²) in [4.78, 5) is 18.1. The molecule has 4 heteroatoms. The quantitative estimate of drug-likeness (QED) is 0.776. The Morgan fingerprint density at radius 1 is 1.23 bits per heavy atom. The van der Waals surface area contributed by atoms with E-state index < -0.39 is 0 Å². The summed E-state index contributed by atoms with van der Waals surface area (Å²) in [5.41, 5.74) is 4.76. The third kappa shape index (κ3) is 2.47. The van der Waals surface area contributed by atoms with Crippen molar-refractivity contribution in [3.05, 3.63) is 47.2 Å². The molecule has 1 aromatic carbocycles. The number of likely N-dealkylation sites (N-methyl/N-ethyl adjacent to an activating group) is 1. The molecule has 1 fully saturated rings. The number of hydrogen-bond donors (Lipinski definition) is 0. The number of Topliss-reactive ketones (excluding diaryl/α,β-unsaturated/α-hetero) is 1. The van der Waals surface area contributed by atoms with Gasteiger partial charge in [-0.05, 0) is 46.0 Å². The van der Waals surface area contributed by atoms with Crippen LogP contribution in [0, 0.1) is 11.8 Å². The Morgan fingerprint density at radius 2 is 1.96 bits per heavy atom. The number of carbonyl (C=O) groups excluding carboxylic acids is 1. The van der Waals surface area contributed by atoms with E-state index in [4.69, 9.17) is 0 Å². The zero-order valence-electron chi connectivity index (χ0n) is 16.5. The molecule has 1 aliphatic carbocycles. The van der Waals surface area contributed by atoms with Crippen molar-refractivity contribution in [3.8, 4) is 0 Å². The number of rotatable bonds is 2. The summed E-state index contributed by atoms with van der Waals surface area (Å²) < 4.78 is 2.13. The van der Waals surface area contributed by atoms with E-state index in [2.05, 4.69) is 72.8 Å². The molecule has 2 aliphatic rings. The van der Waals surface area contributed by atoms with Gasteiger partial charge in [-0.1, -0.05) is 29.8 Å². The highest BCUT2D eigenvalue weighted by molar-refractivity contribution is 6.04. The number of benzene rings is 1. The molecule has 0 spiro atoms. The summed E-state index contributed by atoms with van der Waals surface area (Å²) in [5.74, 6) is 1.05. The molecule has 3 atom stereocenters. The van der Waals surface area contributed by atoms with Gasteiger partial charge in [0.25, 0.3) is 0 Å². The van der Waals surface area contributed by atoms with Gasteiger partial charge in [0.05, 0.1) is 5.69 Å². The maximum absolute atomic E-state index is 13.4. The lowest BCUT2D eigenvalue weighted by atomic mass is 9.74. The molecule has 0 unspecified atom stereocenters. The summed E-state index contributed by atoms with van der Waals surface area (Å²) >= 11 is 0. The van der Waals surface area contributed by atoms with E-state index in [0.717, 1.165) is 24.3 Å². The first-order valence-corrected chi connectivity index (χ1v) is 9.54. The Morgan fingerprint density at radius 3 is 2.65 bits per heavy atom. The molecular formula is C22H29N3O. The number of aryl methyl sites for hydroxylation is 1. The summed E-state index contributed by atoms with van der Waals surface area (Å²) in [5, 5.41) is 1.24. The van der Waals surface area contributed by atoms with E-state index in [-0.39, 0.29) is 6.04 Å². The van der Waals surface area contributed by atoms with Crippen LogP contribution >= 0.6 is 0 Å². The van der Waals surface area contributed by atoms with E-state index in [9.17, 15) is 4.79 Å². The highest BCUT2D eigenvalue weighted by atomic mass is 16.1. The second-order valence-corrected chi connectivity index (χ2v) is 8.22. The van der Waals surface area contributed by atoms with Gasteiger partial charge in [-0.3, -0.25) is 9.69 Å². The topological polar surface area (TPSA) is 28.5 Å². The fraction of sp³-hybridized carbons (Fsp3) is 0.500. The lowest BCUT2D eigenvalue weighted by Crippen LogP contribution is -2.45. The number of hydrogen-bond acceptors (Lipinski definition) is 3. The fourth-order valence-electron chi connectivity index (χ4n) is 5.35. The van der Waals surface area contributed by atoms with Crippen molar-refractivity contribution >= 4 is 16.7 Å². The lowest BCUT2D eigenvalue weighted by Gasteiger charge is -2.45. The molecule has 4 nitrogen and oxygen atoms in total. The Hall–Kier alpha value is -1.91. The molecule has 26 heavy (non-hydrogen) atoms. The van der Waals surface area contributed by atoms with Gasteiger partial charge >= 0.3 is 0 Å². The minimum absolute atomic E-state index is 0.277. The molecular weight excluding hydrogens is 322 g/mol. The summed E-state index contributed by atoms with van der Waals surface area (Å²) in [7, 11) is 8.55. The Balaban J connectivity index is 2.00. The van der Waals surface area contributed by atoms with E-state index >= 15 is 0 Å². The van der Waals surface area contributed by atoms with Crippen molar-refractivity contribution < 1.29 is 4.79 Å². The van der Waals surface area contributed by atoms with E-state index in [1.807, 2.05) is 7.05 Å². The minimum atomic E-state index is 0.277. The molecule has 2 aromatic rings. The number of para-hydroxylation sites is 1. The second-order valence-electron chi connectivity index (χ2n) is 8.22. The molecule has 0 amide bonds. The van der Waals surface area contributed by atoms with Crippen molar-refractivity contribution in [2.75, 3.05) is 34.2 Å². The predicted molar refractivity (Wildman–Crippen MR) is 107 cm³/mol. The average molecular weight is 351 g/mol. The van der Waals surface area contributed by atoms with Crippen LogP contribution in [0.15, 0.2) is 35.9 Å². The number of piperidine rings is 1. The smallest absolute Gasteiger partial charge is 0.180 e. The van der Waals surface area contributed by atoms with Crippen molar-refractivity contribution in [3.63, 3.8) is 0 Å². The van der Waals surface area contributed by atoms with Crippen LogP contribution in [0.2, 0.25) is 0 Å². The largest absolute Gasteiger partial charge is 0.341 e. The number of aromatic nitrogens is 1. The Kier molecular flexibility index (Phi) is 4.28. The third-order valence-corrected chi connectivity index (χ3v) is 6.36. The number of likely N-dealkylation sites (tertiary alicyclic amines) is 1. The maximum atomic E-state index is 13.4. The summed E-state index contributed by atoms with van der Waals surface area (Å²) in [6.45, 7) is 4.06. The van der Waals surface area contributed by atoms with Crippen LogP contribution in [0.1, 0.15) is 35.4 Å². The fourth-order valence-corrected chi connectivity index (χ4v) is 5.35. The van der Waals surface area contributed by atoms with Crippen LogP contribution in [0.25, 0.3) is 10.9 Å². The summed E-state index contributed by atoms with van der Waals surface area (Å²) in [6, 6.07) is 8.76. The molecule has 2 heterocycles. The predicted octanol–water partition coefficient (Wildman–Crippen LogP) is 3.49. The van der Waals surface area contributed by atoms with Gasteiger partial charge in [0.1, 0.15) is 0 Å². The normalized spacial score (nSPS) is 28.0. The van der Waals surface area contributed by atoms with Gasteiger partial charge < -0.3 is 9.47 Å². The first-order chi connectivity index (χ1) is 12.4. The number of carbonyl (C=O) groups is 1. The van der Waals surface area contributed by atoms with Crippen LogP contribution in [-0.4, -0.2) is 54.4 Å². The van der Waals surface area contributed by atoms with Gasteiger partial charge in [-0.25, -0.2) is 0 Å². The van der Waals surface area contributed by atoms with Crippen LogP contribution in [0.4, 0.5) is 0 Å². The number of allylic oxidation sites excluding steroid dienone is 1. The monoisotopic (exact) mass is 351 g/mol. The van der Waals surface area contributed by atoms with Gasteiger partial charge in [0.15, 0.2) is 5.78 Å². The highest BCUT2D eigenvalue weighted by Gasteiger charge is 2.46. The van der Waals surface area contributed by atoms with Crippen molar-refractivity contribution in [2.24, 2.45) is 18.9 Å². The maximum Gasteiger partial charge on any atom is 0.180 e. The van der Waals surface area contributed by atoms with Crippen molar-refractivity contribution in [1.82, 2.24) is 14.4 Å². The molecule has 138 valence electrons. The van der Waals surface area contributed by atoms with E-state index in [1.54, 1.807) is 0 Å². The zero-order valence-corrected chi connectivity index (χ0v) is 16.5. The second kappa shape index (κ2) is 6.36. The molecule has 1 aromatic heterocycles. The van der Waals surface area contributed by atoms with Gasteiger partial charge in [-0.15, -0.1) is 0 Å². The Labute approximate surface area is 156 Å². The van der Waals surface area contributed by atoms with Gasteiger partial charge in [0.2, 0.25) is 0 Å². The molecule has 0 saturated carbocycles. The zero-order chi connectivity index (χ0) is 18.6. The number of nitrogens with zero attached hydrogens (tertiary/aromatic N) is 3. The minimum Gasteiger partial charge on any atom is -0.341 e. The van der Waals surface area contributed by atoms with Crippen LogP contribution in [0.5, 0.6) is 0 Å². The van der Waals surface area contributed by atoms with Crippen LogP contribution in [-0.2, 0) is 7.05 Å². The molecule has 1 saturated heterocycles. The Bertz CT molecular complexity index is 892. The third-order valence-electron chi connectivity index (χ3n) is 6.36.